The standard InChI is InChI=1S/C12H15N7O/c1-18(2)9-13-14-11(20)8-19-16-12(15-17-19)10-6-4-3-5-7-10/h3-7,9H,8H2,1-2H3,(H,14,20)/b13-9-. The van der Waals surface area contributed by atoms with Crippen LogP contribution in [0.3, 0.4) is 0 Å². The molecule has 1 amide bonds. The second kappa shape index (κ2) is 6.41. The zero-order valence-corrected chi connectivity index (χ0v) is 11.3. The fraction of sp³-hybridized carbons (Fsp3) is 0.250. The van der Waals surface area contributed by atoms with Crippen LogP contribution in [0.5, 0.6) is 0 Å². The highest BCUT2D eigenvalue weighted by molar-refractivity contribution is 5.76. The number of benzene rings is 1. The van der Waals surface area contributed by atoms with Gasteiger partial charge in [0, 0.05) is 19.7 Å². The highest BCUT2D eigenvalue weighted by Crippen LogP contribution is 2.11. The summed E-state index contributed by atoms with van der Waals surface area (Å²) in [6, 6.07) is 9.44. The molecule has 0 fully saturated rings. The third-order valence-electron chi connectivity index (χ3n) is 2.25. The highest BCUT2D eigenvalue weighted by Gasteiger charge is 2.08. The average molecular weight is 273 g/mol. The molecule has 0 unspecified atom stereocenters. The number of carbonyl (C=O) groups excluding carboxylic acids is 1. The zero-order chi connectivity index (χ0) is 14.4. The van der Waals surface area contributed by atoms with Crippen LogP contribution in [0.15, 0.2) is 35.4 Å². The van der Waals surface area contributed by atoms with Crippen molar-refractivity contribution in [2.24, 2.45) is 5.10 Å². The molecular weight excluding hydrogens is 258 g/mol. The van der Waals surface area contributed by atoms with Gasteiger partial charge in [-0.15, -0.1) is 10.2 Å². The van der Waals surface area contributed by atoms with Crippen LogP contribution < -0.4 is 5.43 Å². The Bertz CT molecular complexity index is 591. The van der Waals surface area contributed by atoms with Crippen molar-refractivity contribution in [1.82, 2.24) is 30.5 Å². The Morgan fingerprint density at radius 1 is 1.40 bits per heavy atom. The SMILES string of the molecule is CN(C)/C=N\NC(=O)Cn1nnc(-c2ccccc2)n1. The van der Waals surface area contributed by atoms with Crippen molar-refractivity contribution in [2.45, 2.75) is 6.54 Å². The molecule has 0 bridgehead atoms. The lowest BCUT2D eigenvalue weighted by Crippen LogP contribution is -2.25. The van der Waals surface area contributed by atoms with E-state index in [-0.39, 0.29) is 12.5 Å². The Morgan fingerprint density at radius 3 is 2.85 bits per heavy atom. The van der Waals surface area contributed by atoms with Gasteiger partial charge in [0.25, 0.3) is 5.91 Å². The zero-order valence-electron chi connectivity index (χ0n) is 11.3. The van der Waals surface area contributed by atoms with Crippen LogP contribution in [0, 0.1) is 0 Å². The smallest absolute Gasteiger partial charge is 0.263 e. The summed E-state index contributed by atoms with van der Waals surface area (Å²) in [5.74, 6) is 0.162. The van der Waals surface area contributed by atoms with E-state index in [0.29, 0.717) is 5.82 Å². The van der Waals surface area contributed by atoms with Gasteiger partial charge in [-0.3, -0.25) is 4.79 Å². The predicted octanol–water partition coefficient (Wildman–Crippen LogP) is -0.0388. The summed E-state index contributed by atoms with van der Waals surface area (Å²) in [7, 11) is 3.61. The largest absolute Gasteiger partial charge is 0.367 e. The summed E-state index contributed by atoms with van der Waals surface area (Å²) >= 11 is 0. The molecule has 1 heterocycles. The minimum absolute atomic E-state index is 0.0371. The lowest BCUT2D eigenvalue weighted by atomic mass is 10.2. The van der Waals surface area contributed by atoms with E-state index >= 15 is 0 Å². The summed E-state index contributed by atoms with van der Waals surface area (Å²) in [6.07, 6.45) is 1.49. The number of carbonyl (C=O) groups is 1. The molecule has 20 heavy (non-hydrogen) atoms. The van der Waals surface area contributed by atoms with Crippen molar-refractivity contribution in [3.8, 4) is 11.4 Å². The van der Waals surface area contributed by atoms with E-state index < -0.39 is 0 Å². The van der Waals surface area contributed by atoms with Crippen LogP contribution in [0.4, 0.5) is 0 Å². The van der Waals surface area contributed by atoms with E-state index in [0.717, 1.165) is 5.56 Å². The van der Waals surface area contributed by atoms with Crippen LogP contribution in [-0.2, 0) is 11.3 Å². The lowest BCUT2D eigenvalue weighted by Gasteiger charge is -2.02. The molecule has 8 nitrogen and oxygen atoms in total. The Balaban J connectivity index is 1.95. The molecule has 0 aliphatic rings. The molecule has 0 radical (unpaired) electrons. The molecule has 0 aliphatic heterocycles. The van der Waals surface area contributed by atoms with E-state index in [2.05, 4.69) is 25.9 Å². The third-order valence-corrected chi connectivity index (χ3v) is 2.25. The van der Waals surface area contributed by atoms with Crippen LogP contribution in [0.25, 0.3) is 11.4 Å². The molecule has 8 heteroatoms. The molecule has 1 aromatic carbocycles. The van der Waals surface area contributed by atoms with Gasteiger partial charge in [0.15, 0.2) is 0 Å². The van der Waals surface area contributed by atoms with E-state index in [4.69, 9.17) is 0 Å². The second-order valence-corrected chi connectivity index (χ2v) is 4.25. The van der Waals surface area contributed by atoms with E-state index in [1.54, 1.807) is 19.0 Å². The van der Waals surface area contributed by atoms with Gasteiger partial charge in [0.05, 0.1) is 0 Å². The molecule has 0 saturated heterocycles. The van der Waals surface area contributed by atoms with Crippen molar-refractivity contribution < 1.29 is 4.79 Å². The summed E-state index contributed by atoms with van der Waals surface area (Å²) in [4.78, 5) is 14.5. The van der Waals surface area contributed by atoms with Crippen molar-refractivity contribution in [2.75, 3.05) is 14.1 Å². The van der Waals surface area contributed by atoms with E-state index in [9.17, 15) is 4.79 Å². The Labute approximate surface area is 116 Å². The molecule has 0 aliphatic carbocycles. The van der Waals surface area contributed by atoms with Crippen molar-refractivity contribution >= 4 is 12.2 Å². The van der Waals surface area contributed by atoms with Crippen LogP contribution in [0.1, 0.15) is 0 Å². The van der Waals surface area contributed by atoms with Gasteiger partial charge in [0.1, 0.15) is 12.9 Å². The normalized spacial score (nSPS) is 10.7. The van der Waals surface area contributed by atoms with Gasteiger partial charge < -0.3 is 4.90 Å². The summed E-state index contributed by atoms with van der Waals surface area (Å²) in [5.41, 5.74) is 3.22. The number of rotatable bonds is 5. The number of hydrogen-bond donors (Lipinski definition) is 1. The second-order valence-electron chi connectivity index (χ2n) is 4.25. The fourth-order valence-corrected chi connectivity index (χ4v) is 1.39. The number of aromatic nitrogens is 4. The maximum Gasteiger partial charge on any atom is 0.263 e. The Hall–Kier alpha value is -2.77. The monoisotopic (exact) mass is 273 g/mol. The minimum Gasteiger partial charge on any atom is -0.367 e. The van der Waals surface area contributed by atoms with Crippen molar-refractivity contribution in [3.63, 3.8) is 0 Å². The summed E-state index contributed by atoms with van der Waals surface area (Å²) in [6.45, 7) is -0.0371. The highest BCUT2D eigenvalue weighted by atomic mass is 16.2. The van der Waals surface area contributed by atoms with Gasteiger partial charge in [0.2, 0.25) is 5.82 Å². The number of hydrogen-bond acceptors (Lipinski definition) is 5. The van der Waals surface area contributed by atoms with Crippen molar-refractivity contribution in [1.29, 1.82) is 0 Å². The number of amides is 1. The Kier molecular flexibility index (Phi) is 4.38. The maximum absolute atomic E-state index is 11.6. The first-order chi connectivity index (χ1) is 9.65. The summed E-state index contributed by atoms with van der Waals surface area (Å²) < 4.78 is 0. The number of nitrogens with one attached hydrogen (secondary N) is 1. The molecular formula is C12H15N7O. The van der Waals surface area contributed by atoms with E-state index in [1.165, 1.54) is 11.1 Å². The van der Waals surface area contributed by atoms with Gasteiger partial charge in [-0.1, -0.05) is 30.3 Å². The lowest BCUT2D eigenvalue weighted by molar-refractivity contribution is -0.122. The van der Waals surface area contributed by atoms with Crippen LogP contribution in [-0.4, -0.2) is 51.4 Å². The molecule has 1 aromatic heterocycles. The van der Waals surface area contributed by atoms with Crippen LogP contribution >= 0.6 is 0 Å². The van der Waals surface area contributed by atoms with E-state index in [1.807, 2.05) is 30.3 Å². The molecule has 1 N–H and O–H groups in total. The molecule has 0 atom stereocenters. The topological polar surface area (TPSA) is 88.3 Å². The van der Waals surface area contributed by atoms with Gasteiger partial charge >= 0.3 is 0 Å². The van der Waals surface area contributed by atoms with Gasteiger partial charge in [-0.05, 0) is 5.21 Å². The first kappa shape index (κ1) is 13.7. The van der Waals surface area contributed by atoms with Crippen LogP contribution in [0.2, 0.25) is 0 Å². The molecule has 2 rings (SSSR count). The van der Waals surface area contributed by atoms with Crippen molar-refractivity contribution in [3.05, 3.63) is 30.3 Å². The summed E-state index contributed by atoms with van der Waals surface area (Å²) in [5, 5.41) is 15.6. The molecule has 0 spiro atoms. The molecule has 104 valence electrons. The minimum atomic E-state index is -0.319. The quantitative estimate of drug-likeness (QED) is 0.469. The van der Waals surface area contributed by atoms with Gasteiger partial charge in [-0.2, -0.15) is 9.90 Å². The molecule has 2 aromatic rings. The first-order valence-electron chi connectivity index (χ1n) is 5.97. The maximum atomic E-state index is 11.6. The Morgan fingerprint density at radius 2 is 2.15 bits per heavy atom. The third kappa shape index (κ3) is 3.87. The average Bonchev–Trinajstić information content (AvgIpc) is 2.88. The fourth-order valence-electron chi connectivity index (χ4n) is 1.39. The first-order valence-corrected chi connectivity index (χ1v) is 5.97. The van der Waals surface area contributed by atoms with Gasteiger partial charge in [-0.25, -0.2) is 5.43 Å². The predicted molar refractivity (Wildman–Crippen MR) is 73.6 cm³/mol. The number of tetrazole rings is 1. The molecule has 0 saturated carbocycles. The number of hydrazone groups is 1. The number of nitrogens with zero attached hydrogens (tertiary/aromatic N) is 6.